The van der Waals surface area contributed by atoms with Gasteiger partial charge in [0.2, 0.25) is 0 Å². The Morgan fingerprint density at radius 1 is 1.00 bits per heavy atom. The molecule has 1 aliphatic rings. The van der Waals surface area contributed by atoms with Gasteiger partial charge in [0.25, 0.3) is 0 Å². The Morgan fingerprint density at radius 3 is 2.59 bits per heavy atom. The number of benzene rings is 2. The van der Waals surface area contributed by atoms with E-state index in [9.17, 15) is 0 Å². The summed E-state index contributed by atoms with van der Waals surface area (Å²) in [5, 5.41) is 8.89. The lowest BCUT2D eigenvalue weighted by Crippen LogP contribution is -2.28. The van der Waals surface area contributed by atoms with E-state index in [2.05, 4.69) is 92.3 Å². The Hall–Kier alpha value is -2.98. The minimum absolute atomic E-state index is 0.475. The molecule has 0 aliphatic heterocycles. The number of rotatable bonds is 6. The number of H-pyrrole nitrogens is 1. The van der Waals surface area contributed by atoms with Crippen molar-refractivity contribution in [2.75, 3.05) is 7.05 Å². The molecule has 1 aliphatic carbocycles. The number of nitrogens with zero attached hydrogens (tertiary/aromatic N) is 3. The fraction of sp³-hybridized carbons (Fsp3) is 0.400. The van der Waals surface area contributed by atoms with E-state index in [0.29, 0.717) is 6.04 Å². The summed E-state index contributed by atoms with van der Waals surface area (Å²) in [4.78, 5) is 7.75. The van der Waals surface area contributed by atoms with Crippen molar-refractivity contribution in [3.63, 3.8) is 0 Å². The van der Waals surface area contributed by atoms with Gasteiger partial charge in [0.05, 0.1) is 16.9 Å². The molecule has 1 N–H and O–H groups in total. The molecule has 0 spiro atoms. The third-order valence-electron chi connectivity index (χ3n) is 7.72. The molecule has 1 unspecified atom stereocenters. The first kappa shape index (κ1) is 22.8. The zero-order valence-corrected chi connectivity index (χ0v) is 21.2. The zero-order chi connectivity index (χ0) is 23.8. The van der Waals surface area contributed by atoms with Crippen LogP contribution in [0.2, 0.25) is 0 Å². The van der Waals surface area contributed by atoms with Gasteiger partial charge >= 0.3 is 0 Å². The Kier molecular flexibility index (Phi) is 6.26. The number of hydrogen-bond donors (Lipinski definition) is 1. The number of hydrogen-bond acceptors (Lipinski definition) is 3. The number of pyridine rings is 1. The van der Waals surface area contributed by atoms with Gasteiger partial charge in [-0.25, -0.2) is 0 Å². The van der Waals surface area contributed by atoms with Gasteiger partial charge in [0.15, 0.2) is 0 Å². The summed E-state index contributed by atoms with van der Waals surface area (Å²) in [5.41, 5.74) is 12.7. The minimum Gasteiger partial charge on any atom is -0.295 e. The first-order valence-corrected chi connectivity index (χ1v) is 12.8. The Morgan fingerprint density at radius 2 is 1.79 bits per heavy atom. The molecule has 34 heavy (non-hydrogen) atoms. The molecule has 176 valence electrons. The zero-order valence-electron chi connectivity index (χ0n) is 21.2. The van der Waals surface area contributed by atoms with E-state index >= 15 is 0 Å². The van der Waals surface area contributed by atoms with Crippen molar-refractivity contribution in [3.05, 3.63) is 81.7 Å². The largest absolute Gasteiger partial charge is 0.295 e. The van der Waals surface area contributed by atoms with Crippen molar-refractivity contribution in [3.8, 4) is 11.3 Å². The second kappa shape index (κ2) is 9.34. The van der Waals surface area contributed by atoms with Crippen LogP contribution in [0.25, 0.3) is 22.2 Å². The average Bonchev–Trinajstić information content (AvgIpc) is 3.24. The van der Waals surface area contributed by atoms with Crippen LogP contribution in [0, 0.1) is 13.8 Å². The Balaban J connectivity index is 1.54. The fourth-order valence-corrected chi connectivity index (χ4v) is 5.87. The summed E-state index contributed by atoms with van der Waals surface area (Å²) in [6.45, 7) is 9.69. The summed E-state index contributed by atoms with van der Waals surface area (Å²) in [6, 6.07) is 16.2. The topological polar surface area (TPSA) is 44.8 Å². The third kappa shape index (κ3) is 3.94. The molecule has 2 aromatic heterocycles. The third-order valence-corrected chi connectivity index (χ3v) is 7.72. The maximum absolute atomic E-state index is 5.21. The summed E-state index contributed by atoms with van der Waals surface area (Å²) < 4.78 is 0. The smallest absolute Gasteiger partial charge is 0.0718 e. The predicted octanol–water partition coefficient (Wildman–Crippen LogP) is 6.88. The van der Waals surface area contributed by atoms with E-state index in [-0.39, 0.29) is 0 Å². The van der Waals surface area contributed by atoms with Crippen LogP contribution in [0.15, 0.2) is 42.5 Å². The first-order chi connectivity index (χ1) is 16.5. The van der Waals surface area contributed by atoms with Crippen molar-refractivity contribution in [1.82, 2.24) is 20.1 Å². The van der Waals surface area contributed by atoms with E-state index in [1.165, 1.54) is 58.0 Å². The van der Waals surface area contributed by atoms with Crippen molar-refractivity contribution in [2.45, 2.75) is 72.4 Å². The van der Waals surface area contributed by atoms with Crippen LogP contribution >= 0.6 is 0 Å². The lowest BCUT2D eigenvalue weighted by atomic mass is 9.86. The summed E-state index contributed by atoms with van der Waals surface area (Å²) in [6.07, 6.45) is 5.67. The van der Waals surface area contributed by atoms with Crippen LogP contribution in [0.5, 0.6) is 0 Å². The second-order valence-electron chi connectivity index (χ2n) is 9.79. The molecule has 0 bridgehead atoms. The number of aromatic amines is 1. The highest BCUT2D eigenvalue weighted by Gasteiger charge is 2.25. The van der Waals surface area contributed by atoms with Crippen LogP contribution in [0.1, 0.15) is 71.9 Å². The van der Waals surface area contributed by atoms with Crippen molar-refractivity contribution in [2.24, 2.45) is 0 Å². The predicted molar refractivity (Wildman–Crippen MR) is 141 cm³/mol. The van der Waals surface area contributed by atoms with Crippen LogP contribution < -0.4 is 0 Å². The van der Waals surface area contributed by atoms with Gasteiger partial charge in [-0.15, -0.1) is 0 Å². The number of nitrogens with one attached hydrogen (secondary N) is 1. The highest BCUT2D eigenvalue weighted by atomic mass is 15.1. The van der Waals surface area contributed by atoms with Gasteiger partial charge in [0, 0.05) is 29.2 Å². The molecule has 0 saturated carbocycles. The number of aromatic nitrogens is 3. The quantitative estimate of drug-likeness (QED) is 0.347. The molecule has 0 fully saturated rings. The number of aryl methyl sites for hydroxylation is 5. The van der Waals surface area contributed by atoms with Crippen molar-refractivity contribution < 1.29 is 0 Å². The van der Waals surface area contributed by atoms with Gasteiger partial charge in [-0.1, -0.05) is 44.2 Å². The highest BCUT2D eigenvalue weighted by molar-refractivity contribution is 5.97. The normalized spacial score (nSPS) is 15.8. The first-order valence-electron chi connectivity index (χ1n) is 12.8. The van der Waals surface area contributed by atoms with Gasteiger partial charge < -0.3 is 0 Å². The molecule has 0 radical (unpaired) electrons. The Bertz CT molecular complexity index is 1330. The van der Waals surface area contributed by atoms with E-state index < -0.39 is 0 Å². The van der Waals surface area contributed by atoms with Gasteiger partial charge in [-0.05, 0) is 92.9 Å². The Labute approximate surface area is 203 Å². The van der Waals surface area contributed by atoms with E-state index in [0.717, 1.165) is 42.0 Å². The number of fused-ring (bicyclic) bond motifs is 2. The molecule has 4 aromatic rings. The molecule has 2 heterocycles. The summed E-state index contributed by atoms with van der Waals surface area (Å²) in [7, 11) is 2.28. The monoisotopic (exact) mass is 452 g/mol. The van der Waals surface area contributed by atoms with E-state index in [1.54, 1.807) is 0 Å². The SMILES string of the molecule is CCc1cc(-c2c(CC)ccc3[nH]nc(C)c23)nc(C)c1CN(C)C1CCCc2ccccc21. The molecule has 2 aromatic carbocycles. The van der Waals surface area contributed by atoms with Crippen molar-refractivity contribution >= 4 is 10.9 Å². The lowest BCUT2D eigenvalue weighted by Gasteiger charge is -2.34. The molecular weight excluding hydrogens is 416 g/mol. The lowest BCUT2D eigenvalue weighted by molar-refractivity contribution is 0.212. The van der Waals surface area contributed by atoms with Crippen LogP contribution in [-0.4, -0.2) is 27.1 Å². The van der Waals surface area contributed by atoms with Gasteiger partial charge in [0.1, 0.15) is 0 Å². The molecule has 4 heteroatoms. The molecule has 5 rings (SSSR count). The minimum atomic E-state index is 0.475. The standard InChI is InChI=1S/C30H36N4/c1-6-21-15-16-26-29(20(4)32-33-26)30(21)27-17-22(7-2)25(19(3)31-27)18-34(5)28-14-10-12-23-11-8-9-13-24(23)28/h8-9,11,13,15-17,28H,6-7,10,12,14,18H2,1-5H3,(H,32,33). The maximum atomic E-state index is 5.21. The van der Waals surface area contributed by atoms with E-state index in [4.69, 9.17) is 4.98 Å². The fourth-order valence-electron chi connectivity index (χ4n) is 5.87. The van der Waals surface area contributed by atoms with Gasteiger partial charge in [-0.2, -0.15) is 5.10 Å². The van der Waals surface area contributed by atoms with Crippen LogP contribution in [0.3, 0.4) is 0 Å². The van der Waals surface area contributed by atoms with Crippen molar-refractivity contribution in [1.29, 1.82) is 0 Å². The molecular formula is C30H36N4. The summed E-state index contributed by atoms with van der Waals surface area (Å²) in [5.74, 6) is 0. The molecule has 4 nitrogen and oxygen atoms in total. The molecule has 1 atom stereocenters. The maximum Gasteiger partial charge on any atom is 0.0718 e. The average molecular weight is 453 g/mol. The van der Waals surface area contributed by atoms with Crippen LogP contribution in [-0.2, 0) is 25.8 Å². The molecule has 0 amide bonds. The highest BCUT2D eigenvalue weighted by Crippen LogP contribution is 2.37. The van der Waals surface area contributed by atoms with E-state index in [1.807, 2.05) is 0 Å². The summed E-state index contributed by atoms with van der Waals surface area (Å²) >= 11 is 0. The second-order valence-corrected chi connectivity index (χ2v) is 9.79. The van der Waals surface area contributed by atoms with Gasteiger partial charge in [-0.3, -0.25) is 15.0 Å². The molecule has 0 saturated heterocycles. The van der Waals surface area contributed by atoms with Crippen LogP contribution in [0.4, 0.5) is 0 Å².